The molecule has 94 valence electrons. The Labute approximate surface area is 102 Å². The second kappa shape index (κ2) is 6.91. The molecule has 1 aromatic rings. The van der Waals surface area contributed by atoms with Gasteiger partial charge in [-0.2, -0.15) is 0 Å². The summed E-state index contributed by atoms with van der Waals surface area (Å²) in [5.41, 5.74) is 1.08. The van der Waals surface area contributed by atoms with E-state index >= 15 is 0 Å². The van der Waals surface area contributed by atoms with E-state index in [2.05, 4.69) is 5.32 Å². The number of carbonyl (C=O) groups excluding carboxylic acids is 1. The molecule has 17 heavy (non-hydrogen) atoms. The van der Waals surface area contributed by atoms with Gasteiger partial charge in [-0.15, -0.1) is 0 Å². The molecule has 0 aromatic heterocycles. The van der Waals surface area contributed by atoms with E-state index in [0.717, 1.165) is 5.56 Å². The van der Waals surface area contributed by atoms with Crippen LogP contribution in [0, 0.1) is 0 Å². The van der Waals surface area contributed by atoms with Crippen LogP contribution < -0.4 is 5.32 Å². The number of phenols is 1. The van der Waals surface area contributed by atoms with Crippen LogP contribution in [0.4, 0.5) is 0 Å². The van der Waals surface area contributed by atoms with Crippen molar-refractivity contribution in [2.24, 2.45) is 0 Å². The maximum atomic E-state index is 11.1. The number of rotatable bonds is 6. The number of aromatic hydroxyl groups is 1. The molecule has 1 atom stereocenters. The zero-order valence-corrected chi connectivity index (χ0v) is 10.3. The second-order valence-electron chi connectivity index (χ2n) is 3.82. The summed E-state index contributed by atoms with van der Waals surface area (Å²) in [6.07, 6.45) is 0.371. The first-order valence-electron chi connectivity index (χ1n) is 5.81. The summed E-state index contributed by atoms with van der Waals surface area (Å²) < 4.78 is 4.83. The number of nitrogens with one attached hydrogen (secondary N) is 1. The van der Waals surface area contributed by atoms with Gasteiger partial charge in [0.15, 0.2) is 0 Å². The second-order valence-corrected chi connectivity index (χ2v) is 3.82. The van der Waals surface area contributed by atoms with Gasteiger partial charge in [0.1, 0.15) is 5.75 Å². The maximum absolute atomic E-state index is 11.1. The molecule has 4 heteroatoms. The van der Waals surface area contributed by atoms with Crippen molar-refractivity contribution in [3.8, 4) is 5.75 Å². The van der Waals surface area contributed by atoms with E-state index in [-0.39, 0.29) is 17.8 Å². The summed E-state index contributed by atoms with van der Waals surface area (Å²) >= 11 is 0. The van der Waals surface area contributed by atoms with Crippen molar-refractivity contribution in [2.75, 3.05) is 13.2 Å². The van der Waals surface area contributed by atoms with Gasteiger partial charge in [-0.05, 0) is 31.5 Å². The highest BCUT2D eigenvalue weighted by molar-refractivity contribution is 5.69. The zero-order valence-electron chi connectivity index (χ0n) is 10.3. The predicted octanol–water partition coefficient (Wildman–Crippen LogP) is 2.00. The molecule has 0 saturated carbocycles. The molecule has 0 heterocycles. The van der Waals surface area contributed by atoms with E-state index in [4.69, 9.17) is 9.84 Å². The molecular weight excluding hydrogens is 218 g/mol. The molecule has 0 aliphatic rings. The number of carbonyl (C=O) groups is 1. The Hall–Kier alpha value is -1.55. The highest BCUT2D eigenvalue weighted by atomic mass is 16.5. The number of esters is 1. The molecule has 1 aromatic carbocycles. The zero-order chi connectivity index (χ0) is 12.7. The van der Waals surface area contributed by atoms with Crippen molar-refractivity contribution in [3.05, 3.63) is 29.8 Å². The van der Waals surface area contributed by atoms with E-state index in [1.807, 2.05) is 19.1 Å². The molecule has 2 N–H and O–H groups in total. The van der Waals surface area contributed by atoms with Crippen LogP contribution in [0.15, 0.2) is 24.3 Å². The third-order valence-electron chi connectivity index (χ3n) is 2.48. The lowest BCUT2D eigenvalue weighted by atomic mass is 10.1. The Balaban J connectivity index is 2.32. The van der Waals surface area contributed by atoms with Crippen LogP contribution in [0.1, 0.15) is 31.9 Å². The first-order chi connectivity index (χ1) is 8.13. The van der Waals surface area contributed by atoms with E-state index < -0.39 is 0 Å². The lowest BCUT2D eigenvalue weighted by Gasteiger charge is -2.13. The van der Waals surface area contributed by atoms with Crippen LogP contribution in [0.25, 0.3) is 0 Å². The third kappa shape index (κ3) is 4.87. The smallest absolute Gasteiger partial charge is 0.307 e. The van der Waals surface area contributed by atoms with Crippen LogP contribution >= 0.6 is 0 Å². The fraction of sp³-hybridized carbons (Fsp3) is 0.462. The standard InChI is InChI=1S/C13H19NO3/c1-3-17-13(16)8-9-14-10(2)11-4-6-12(15)7-5-11/h4-7,10,14-15H,3,8-9H2,1-2H3. The van der Waals surface area contributed by atoms with Gasteiger partial charge in [0, 0.05) is 12.6 Å². The molecular formula is C13H19NO3. The van der Waals surface area contributed by atoms with E-state index in [1.54, 1.807) is 19.1 Å². The highest BCUT2D eigenvalue weighted by Crippen LogP contribution is 2.16. The van der Waals surface area contributed by atoms with Gasteiger partial charge >= 0.3 is 5.97 Å². The van der Waals surface area contributed by atoms with Gasteiger partial charge in [0.05, 0.1) is 13.0 Å². The van der Waals surface area contributed by atoms with Crippen LogP contribution in [0.5, 0.6) is 5.75 Å². The molecule has 1 rings (SSSR count). The van der Waals surface area contributed by atoms with Crippen LogP contribution in [-0.2, 0) is 9.53 Å². The van der Waals surface area contributed by atoms with Crippen LogP contribution in [0.3, 0.4) is 0 Å². The van der Waals surface area contributed by atoms with Crippen molar-refractivity contribution in [1.82, 2.24) is 5.32 Å². The summed E-state index contributed by atoms with van der Waals surface area (Å²) in [7, 11) is 0. The van der Waals surface area contributed by atoms with Crippen LogP contribution in [-0.4, -0.2) is 24.2 Å². The molecule has 0 amide bonds. The van der Waals surface area contributed by atoms with Gasteiger partial charge in [0.2, 0.25) is 0 Å². The average Bonchev–Trinajstić information content (AvgIpc) is 2.30. The lowest BCUT2D eigenvalue weighted by Crippen LogP contribution is -2.22. The van der Waals surface area contributed by atoms with Gasteiger partial charge in [-0.3, -0.25) is 4.79 Å². The topological polar surface area (TPSA) is 58.6 Å². The fourth-order valence-electron chi connectivity index (χ4n) is 1.50. The minimum absolute atomic E-state index is 0.144. The Morgan fingerprint density at radius 2 is 2.06 bits per heavy atom. The largest absolute Gasteiger partial charge is 0.508 e. The molecule has 1 unspecified atom stereocenters. The SMILES string of the molecule is CCOC(=O)CCNC(C)c1ccc(O)cc1. The normalized spacial score (nSPS) is 12.1. The molecule has 0 aliphatic heterocycles. The Morgan fingerprint density at radius 1 is 1.41 bits per heavy atom. The van der Waals surface area contributed by atoms with Crippen molar-refractivity contribution in [1.29, 1.82) is 0 Å². The molecule has 0 spiro atoms. The van der Waals surface area contributed by atoms with Crippen molar-refractivity contribution < 1.29 is 14.6 Å². The number of phenolic OH excluding ortho intramolecular Hbond substituents is 1. The van der Waals surface area contributed by atoms with Crippen molar-refractivity contribution >= 4 is 5.97 Å². The Morgan fingerprint density at radius 3 is 2.65 bits per heavy atom. The van der Waals surface area contributed by atoms with Gasteiger partial charge in [-0.1, -0.05) is 12.1 Å². The Bertz CT molecular complexity index is 348. The summed E-state index contributed by atoms with van der Waals surface area (Å²) in [5, 5.41) is 12.4. The number of hydrogen-bond donors (Lipinski definition) is 2. The maximum Gasteiger partial charge on any atom is 0.307 e. The summed E-state index contributed by atoms with van der Waals surface area (Å²) in [5.74, 6) is 0.0744. The molecule has 0 bridgehead atoms. The van der Waals surface area contributed by atoms with Gasteiger partial charge < -0.3 is 15.2 Å². The third-order valence-corrected chi connectivity index (χ3v) is 2.48. The minimum atomic E-state index is -0.182. The van der Waals surface area contributed by atoms with Crippen LogP contribution in [0.2, 0.25) is 0 Å². The summed E-state index contributed by atoms with van der Waals surface area (Å²) in [6, 6.07) is 7.16. The molecule has 0 fully saturated rings. The van der Waals surface area contributed by atoms with Crippen molar-refractivity contribution in [3.63, 3.8) is 0 Å². The summed E-state index contributed by atoms with van der Waals surface area (Å²) in [6.45, 7) is 4.81. The number of ether oxygens (including phenoxy) is 1. The van der Waals surface area contributed by atoms with E-state index in [1.165, 1.54) is 0 Å². The van der Waals surface area contributed by atoms with E-state index in [9.17, 15) is 4.79 Å². The molecule has 4 nitrogen and oxygen atoms in total. The van der Waals surface area contributed by atoms with Crippen molar-refractivity contribution in [2.45, 2.75) is 26.3 Å². The van der Waals surface area contributed by atoms with Gasteiger partial charge in [-0.25, -0.2) is 0 Å². The monoisotopic (exact) mass is 237 g/mol. The van der Waals surface area contributed by atoms with E-state index in [0.29, 0.717) is 19.6 Å². The molecule has 0 radical (unpaired) electrons. The first-order valence-corrected chi connectivity index (χ1v) is 5.81. The number of benzene rings is 1. The first kappa shape index (κ1) is 13.5. The highest BCUT2D eigenvalue weighted by Gasteiger charge is 2.06. The predicted molar refractivity (Wildman–Crippen MR) is 65.8 cm³/mol. The molecule has 0 aliphatic carbocycles. The number of hydrogen-bond acceptors (Lipinski definition) is 4. The lowest BCUT2D eigenvalue weighted by molar-refractivity contribution is -0.143. The van der Waals surface area contributed by atoms with Gasteiger partial charge in [0.25, 0.3) is 0 Å². The fourth-order valence-corrected chi connectivity index (χ4v) is 1.50. The minimum Gasteiger partial charge on any atom is -0.508 e. The Kier molecular flexibility index (Phi) is 5.49. The molecule has 0 saturated heterocycles. The quantitative estimate of drug-likeness (QED) is 0.743. The summed E-state index contributed by atoms with van der Waals surface area (Å²) in [4.78, 5) is 11.1. The average molecular weight is 237 g/mol.